The molecule has 0 aliphatic heterocycles. The summed E-state index contributed by atoms with van der Waals surface area (Å²) in [6.45, 7) is 0.327. The second-order valence-corrected chi connectivity index (χ2v) is 2.56. The Hall–Kier alpha value is -1.67. The summed E-state index contributed by atoms with van der Waals surface area (Å²) < 4.78 is 62.5. The van der Waals surface area contributed by atoms with Gasteiger partial charge in [-0.05, 0) is 0 Å². The molecule has 0 fully saturated rings. The van der Waals surface area contributed by atoms with E-state index in [4.69, 9.17) is 5.11 Å². The van der Waals surface area contributed by atoms with E-state index in [1.165, 1.54) is 0 Å². The minimum atomic E-state index is -5.88. The van der Waals surface area contributed by atoms with E-state index < -0.39 is 36.2 Å². The van der Waals surface area contributed by atoms with Gasteiger partial charge in [0.2, 0.25) is 0 Å². The molecular weight excluding hydrogens is 243 g/mol. The normalized spacial score (nSPS) is 12.1. The van der Waals surface area contributed by atoms with Gasteiger partial charge >= 0.3 is 24.0 Å². The standard InChI is InChI=1S/C7H5F5O4/c1-3(4(13)14)5(15)16-2-6(8,9)7(10,11)12/h1-2H2,(H,13,14). The Morgan fingerprint density at radius 1 is 1.19 bits per heavy atom. The van der Waals surface area contributed by atoms with Crippen LogP contribution in [0.4, 0.5) is 22.0 Å². The summed E-state index contributed by atoms with van der Waals surface area (Å²) in [6.07, 6.45) is -5.88. The van der Waals surface area contributed by atoms with Gasteiger partial charge < -0.3 is 9.84 Å². The molecule has 0 spiro atoms. The third-order valence-electron chi connectivity index (χ3n) is 1.30. The number of rotatable bonds is 4. The van der Waals surface area contributed by atoms with Gasteiger partial charge in [0, 0.05) is 0 Å². The quantitative estimate of drug-likeness (QED) is 0.268. The number of hydrogen-bond donors (Lipinski definition) is 1. The summed E-state index contributed by atoms with van der Waals surface area (Å²) >= 11 is 0. The summed E-state index contributed by atoms with van der Waals surface area (Å²) in [5.74, 6) is -8.96. The molecule has 0 aliphatic carbocycles. The van der Waals surface area contributed by atoms with Crippen molar-refractivity contribution in [1.29, 1.82) is 0 Å². The molecule has 0 heterocycles. The SMILES string of the molecule is C=C(C(=O)O)C(=O)OCC(F)(F)C(F)(F)F. The lowest BCUT2D eigenvalue weighted by molar-refractivity contribution is -0.293. The van der Waals surface area contributed by atoms with Crippen LogP contribution in [-0.4, -0.2) is 35.8 Å². The first-order valence-electron chi connectivity index (χ1n) is 3.53. The van der Waals surface area contributed by atoms with Crippen LogP contribution in [0.15, 0.2) is 12.2 Å². The molecule has 0 unspecified atom stereocenters. The van der Waals surface area contributed by atoms with Gasteiger partial charge in [0.05, 0.1) is 0 Å². The van der Waals surface area contributed by atoms with Gasteiger partial charge in [-0.3, -0.25) is 0 Å². The van der Waals surface area contributed by atoms with Gasteiger partial charge in [-0.2, -0.15) is 22.0 Å². The minimum absolute atomic E-state index is 1.24. The number of hydrogen-bond acceptors (Lipinski definition) is 3. The largest absolute Gasteiger partial charge is 0.477 e. The predicted molar refractivity (Wildman–Crippen MR) is 38.7 cm³/mol. The zero-order chi connectivity index (χ0) is 13.1. The average Bonchev–Trinajstić information content (AvgIpc) is 2.11. The molecule has 0 rings (SSSR count). The number of esters is 1. The number of carboxylic acid groups (broad SMARTS) is 1. The van der Waals surface area contributed by atoms with Crippen LogP contribution in [0.3, 0.4) is 0 Å². The Morgan fingerprint density at radius 2 is 1.62 bits per heavy atom. The summed E-state index contributed by atoms with van der Waals surface area (Å²) in [7, 11) is 0. The monoisotopic (exact) mass is 248 g/mol. The number of ether oxygens (including phenoxy) is 1. The van der Waals surface area contributed by atoms with Crippen LogP contribution < -0.4 is 0 Å². The third-order valence-corrected chi connectivity index (χ3v) is 1.30. The van der Waals surface area contributed by atoms with Crippen LogP contribution in [0.1, 0.15) is 0 Å². The highest BCUT2D eigenvalue weighted by Crippen LogP contribution is 2.35. The molecule has 0 aliphatic rings. The van der Waals surface area contributed by atoms with Crippen LogP contribution in [0, 0.1) is 0 Å². The summed E-state index contributed by atoms with van der Waals surface area (Å²) in [5.41, 5.74) is -1.24. The molecule has 0 aromatic rings. The van der Waals surface area contributed by atoms with Gasteiger partial charge in [0.15, 0.2) is 6.61 Å². The molecule has 0 amide bonds. The lowest BCUT2D eigenvalue weighted by Crippen LogP contribution is -2.41. The highest BCUT2D eigenvalue weighted by Gasteiger charge is 2.58. The van der Waals surface area contributed by atoms with Crippen molar-refractivity contribution in [2.75, 3.05) is 6.61 Å². The van der Waals surface area contributed by atoms with Gasteiger partial charge in [-0.1, -0.05) is 6.58 Å². The molecule has 9 heteroatoms. The molecular formula is C7H5F5O4. The maximum Gasteiger partial charge on any atom is 0.456 e. The first-order valence-corrected chi connectivity index (χ1v) is 3.53. The second-order valence-electron chi connectivity index (χ2n) is 2.56. The van der Waals surface area contributed by atoms with E-state index in [0.29, 0.717) is 0 Å². The zero-order valence-corrected chi connectivity index (χ0v) is 7.48. The van der Waals surface area contributed by atoms with Crippen LogP contribution in [0.2, 0.25) is 0 Å². The Kier molecular flexibility index (Phi) is 3.99. The number of carboxylic acids is 1. The molecule has 92 valence electrons. The third kappa shape index (κ3) is 3.48. The first-order chi connectivity index (χ1) is 6.99. The molecule has 0 aromatic carbocycles. The zero-order valence-electron chi connectivity index (χ0n) is 7.48. The number of carbonyl (C=O) groups is 2. The number of halogens is 5. The second kappa shape index (κ2) is 4.45. The fourth-order valence-electron chi connectivity index (χ4n) is 0.412. The van der Waals surface area contributed by atoms with Crippen LogP contribution in [0.25, 0.3) is 0 Å². The number of carbonyl (C=O) groups excluding carboxylic acids is 1. The Morgan fingerprint density at radius 3 is 1.94 bits per heavy atom. The van der Waals surface area contributed by atoms with Crippen LogP contribution >= 0.6 is 0 Å². The van der Waals surface area contributed by atoms with Crippen molar-refractivity contribution in [3.05, 3.63) is 12.2 Å². The Labute approximate surface area is 85.3 Å². The molecule has 1 N–H and O–H groups in total. The molecule has 4 nitrogen and oxygen atoms in total. The fourth-order valence-corrected chi connectivity index (χ4v) is 0.412. The molecule has 0 atom stereocenters. The Balaban J connectivity index is 4.43. The molecule has 0 saturated heterocycles. The van der Waals surface area contributed by atoms with E-state index in [2.05, 4.69) is 11.3 Å². The molecule has 0 aromatic heterocycles. The van der Waals surface area contributed by atoms with Gasteiger partial charge in [0.1, 0.15) is 5.57 Å². The fraction of sp³-hybridized carbons (Fsp3) is 0.429. The maximum absolute atomic E-state index is 12.2. The first kappa shape index (κ1) is 14.3. The molecule has 0 radical (unpaired) electrons. The highest BCUT2D eigenvalue weighted by atomic mass is 19.4. The maximum atomic E-state index is 12.2. The highest BCUT2D eigenvalue weighted by molar-refractivity contribution is 6.12. The topological polar surface area (TPSA) is 63.6 Å². The summed E-state index contributed by atoms with van der Waals surface area (Å²) in [6, 6.07) is 0. The van der Waals surface area contributed by atoms with Crippen molar-refractivity contribution in [3.8, 4) is 0 Å². The van der Waals surface area contributed by atoms with E-state index in [-0.39, 0.29) is 0 Å². The van der Waals surface area contributed by atoms with Crippen molar-refractivity contribution in [2.45, 2.75) is 12.1 Å². The van der Waals surface area contributed by atoms with Gasteiger partial charge in [-0.15, -0.1) is 0 Å². The van der Waals surface area contributed by atoms with E-state index in [9.17, 15) is 31.5 Å². The number of alkyl halides is 5. The van der Waals surface area contributed by atoms with E-state index in [1.807, 2.05) is 0 Å². The summed E-state index contributed by atoms with van der Waals surface area (Å²) in [5, 5.41) is 8.13. The Bertz CT molecular complexity index is 319. The van der Waals surface area contributed by atoms with Crippen molar-refractivity contribution in [1.82, 2.24) is 0 Å². The van der Waals surface area contributed by atoms with E-state index >= 15 is 0 Å². The van der Waals surface area contributed by atoms with Gasteiger partial charge in [0.25, 0.3) is 0 Å². The molecule has 16 heavy (non-hydrogen) atoms. The number of aliphatic carboxylic acids is 1. The van der Waals surface area contributed by atoms with E-state index in [1.54, 1.807) is 0 Å². The van der Waals surface area contributed by atoms with Crippen molar-refractivity contribution < 1.29 is 41.4 Å². The molecule has 0 saturated carbocycles. The van der Waals surface area contributed by atoms with Crippen LogP contribution in [0.5, 0.6) is 0 Å². The smallest absolute Gasteiger partial charge is 0.456 e. The lowest BCUT2D eigenvalue weighted by Gasteiger charge is -2.18. The average molecular weight is 248 g/mol. The predicted octanol–water partition coefficient (Wildman–Crippen LogP) is 1.37. The lowest BCUT2D eigenvalue weighted by atomic mass is 10.3. The van der Waals surface area contributed by atoms with E-state index in [0.717, 1.165) is 0 Å². The summed E-state index contributed by atoms with van der Waals surface area (Å²) in [4.78, 5) is 20.6. The van der Waals surface area contributed by atoms with Crippen LogP contribution in [-0.2, 0) is 14.3 Å². The minimum Gasteiger partial charge on any atom is -0.477 e. The van der Waals surface area contributed by atoms with Crippen molar-refractivity contribution in [3.63, 3.8) is 0 Å². The van der Waals surface area contributed by atoms with Gasteiger partial charge in [-0.25, -0.2) is 9.59 Å². The van der Waals surface area contributed by atoms with Crippen molar-refractivity contribution >= 4 is 11.9 Å². The molecule has 0 bridgehead atoms. The van der Waals surface area contributed by atoms with Crippen molar-refractivity contribution in [2.24, 2.45) is 0 Å².